The van der Waals surface area contributed by atoms with Crippen LogP contribution in [0.4, 0.5) is 0 Å². The molecule has 0 N–H and O–H groups in total. The zero-order chi connectivity index (χ0) is 24.3. The van der Waals surface area contributed by atoms with Crippen LogP contribution in [0.25, 0.3) is 0 Å². The summed E-state index contributed by atoms with van der Waals surface area (Å²) in [6.07, 6.45) is 35.7. The number of quaternary nitrogens is 1. The standard InChI is InChI=1S/C31H65NO/c1-4-6-8-10-12-14-16-18-20-22-24-26-28-30-32(3,33)31-29-27-25-23-21-19-17-15-13-11-9-7-5-2/h4-31H2,1-3H3. The smallest absolute Gasteiger partial charge is 0.0781 e. The molecule has 0 atom stereocenters. The molecule has 0 aromatic rings. The molecule has 0 aliphatic heterocycles. The molecule has 0 rings (SSSR count). The van der Waals surface area contributed by atoms with Gasteiger partial charge in [-0.1, -0.05) is 155 Å². The molecule has 0 saturated carbocycles. The molecule has 0 aliphatic rings. The summed E-state index contributed by atoms with van der Waals surface area (Å²) in [5.74, 6) is 0. The average Bonchev–Trinajstić information content (AvgIpc) is 2.80. The fraction of sp³-hybridized carbons (Fsp3) is 1.00. The summed E-state index contributed by atoms with van der Waals surface area (Å²) < 4.78 is -0.00391. The Labute approximate surface area is 210 Å². The highest BCUT2D eigenvalue weighted by Crippen LogP contribution is 2.15. The van der Waals surface area contributed by atoms with Crippen LogP contribution < -0.4 is 0 Å². The number of hydrogen-bond donors (Lipinski definition) is 0. The van der Waals surface area contributed by atoms with E-state index in [4.69, 9.17) is 0 Å². The van der Waals surface area contributed by atoms with Gasteiger partial charge in [-0.3, -0.25) is 0 Å². The summed E-state index contributed by atoms with van der Waals surface area (Å²) in [5.41, 5.74) is 0. The molecule has 2 heteroatoms. The second-order valence-corrected chi connectivity index (χ2v) is 11.2. The highest BCUT2D eigenvalue weighted by atomic mass is 16.5. The van der Waals surface area contributed by atoms with Gasteiger partial charge in [-0.05, 0) is 25.7 Å². The van der Waals surface area contributed by atoms with E-state index in [-0.39, 0.29) is 4.65 Å². The zero-order valence-corrected chi connectivity index (χ0v) is 23.7. The SMILES string of the molecule is CCCCCCCCCCCCCCC[N+](C)([O-])CCCCCCCCCCCCCCC. The van der Waals surface area contributed by atoms with Gasteiger partial charge in [-0.25, -0.2) is 0 Å². The van der Waals surface area contributed by atoms with Crippen molar-refractivity contribution < 1.29 is 4.65 Å². The van der Waals surface area contributed by atoms with Gasteiger partial charge in [0.25, 0.3) is 0 Å². The molecule has 0 radical (unpaired) electrons. The number of hydroxylamine groups is 3. The Morgan fingerprint density at radius 3 is 0.727 bits per heavy atom. The number of nitrogens with zero attached hydrogens (tertiary/aromatic N) is 1. The molecular formula is C31H65NO. The lowest BCUT2D eigenvalue weighted by molar-refractivity contribution is -0.861. The van der Waals surface area contributed by atoms with E-state index in [0.717, 1.165) is 25.9 Å². The van der Waals surface area contributed by atoms with Crippen molar-refractivity contribution in [2.45, 2.75) is 181 Å². The Kier molecular flexibility index (Phi) is 26.5. The highest BCUT2D eigenvalue weighted by molar-refractivity contribution is 4.52. The molecule has 0 saturated heterocycles. The quantitative estimate of drug-likeness (QED) is 0.0637. The van der Waals surface area contributed by atoms with Gasteiger partial charge < -0.3 is 9.85 Å². The van der Waals surface area contributed by atoms with Gasteiger partial charge in [-0.2, -0.15) is 0 Å². The topological polar surface area (TPSA) is 23.1 Å². The van der Waals surface area contributed by atoms with Gasteiger partial charge in [0.05, 0.1) is 20.1 Å². The minimum atomic E-state index is -0.00391. The van der Waals surface area contributed by atoms with Crippen molar-refractivity contribution in [2.75, 3.05) is 20.1 Å². The van der Waals surface area contributed by atoms with Crippen molar-refractivity contribution in [3.63, 3.8) is 0 Å². The molecule has 33 heavy (non-hydrogen) atoms. The number of rotatable bonds is 28. The molecule has 0 amide bonds. The Hall–Kier alpha value is -0.0800. The molecule has 2 nitrogen and oxygen atoms in total. The van der Waals surface area contributed by atoms with Gasteiger partial charge >= 0.3 is 0 Å². The maximum atomic E-state index is 12.6. The molecule has 0 unspecified atom stereocenters. The van der Waals surface area contributed by atoms with Crippen LogP contribution in [-0.4, -0.2) is 24.8 Å². The molecule has 0 fully saturated rings. The van der Waals surface area contributed by atoms with Gasteiger partial charge in [0.15, 0.2) is 0 Å². The summed E-state index contributed by atoms with van der Waals surface area (Å²) in [7, 11) is 1.90. The summed E-state index contributed by atoms with van der Waals surface area (Å²) in [6, 6.07) is 0. The number of hydrogen-bond acceptors (Lipinski definition) is 1. The molecule has 0 spiro atoms. The highest BCUT2D eigenvalue weighted by Gasteiger charge is 2.09. The summed E-state index contributed by atoms with van der Waals surface area (Å²) in [5, 5.41) is 12.6. The minimum Gasteiger partial charge on any atom is -0.633 e. The third kappa shape index (κ3) is 28.0. The second kappa shape index (κ2) is 26.5. The van der Waals surface area contributed by atoms with E-state index in [1.807, 2.05) is 7.05 Å². The average molecular weight is 468 g/mol. The lowest BCUT2D eigenvalue weighted by Crippen LogP contribution is -2.39. The van der Waals surface area contributed by atoms with E-state index in [1.165, 1.54) is 154 Å². The molecule has 0 heterocycles. The van der Waals surface area contributed by atoms with Crippen molar-refractivity contribution in [1.82, 2.24) is 0 Å². The number of unbranched alkanes of at least 4 members (excludes halogenated alkanes) is 24. The third-order valence-corrected chi connectivity index (χ3v) is 7.47. The van der Waals surface area contributed by atoms with Crippen molar-refractivity contribution in [2.24, 2.45) is 0 Å². The molecule has 0 bridgehead atoms. The lowest BCUT2D eigenvalue weighted by atomic mass is 10.0. The third-order valence-electron chi connectivity index (χ3n) is 7.47. The van der Waals surface area contributed by atoms with Crippen LogP contribution in [0.5, 0.6) is 0 Å². The molecule has 0 aliphatic carbocycles. The first-order chi connectivity index (χ1) is 16.1. The lowest BCUT2D eigenvalue weighted by Gasteiger charge is -2.39. The Morgan fingerprint density at radius 2 is 0.515 bits per heavy atom. The van der Waals surface area contributed by atoms with Crippen LogP contribution in [0.2, 0.25) is 0 Å². The monoisotopic (exact) mass is 468 g/mol. The zero-order valence-electron chi connectivity index (χ0n) is 23.7. The van der Waals surface area contributed by atoms with E-state index in [0.29, 0.717) is 0 Å². The first-order valence-corrected chi connectivity index (χ1v) is 15.7. The van der Waals surface area contributed by atoms with E-state index in [1.54, 1.807) is 0 Å². The predicted molar refractivity (Wildman–Crippen MR) is 151 cm³/mol. The maximum Gasteiger partial charge on any atom is 0.0781 e. The van der Waals surface area contributed by atoms with Crippen LogP contribution in [0.15, 0.2) is 0 Å². The molecular weight excluding hydrogens is 402 g/mol. The van der Waals surface area contributed by atoms with Gasteiger partial charge in [-0.15, -0.1) is 0 Å². The van der Waals surface area contributed by atoms with Crippen LogP contribution in [0.3, 0.4) is 0 Å². The normalized spacial score (nSPS) is 12.0. The maximum absolute atomic E-state index is 12.6. The van der Waals surface area contributed by atoms with E-state index in [2.05, 4.69) is 13.8 Å². The molecule has 0 aromatic carbocycles. The Bertz CT molecular complexity index is 323. The van der Waals surface area contributed by atoms with Gasteiger partial charge in [0, 0.05) is 0 Å². The molecule has 200 valence electrons. The Balaban J connectivity index is 3.28. The van der Waals surface area contributed by atoms with Crippen molar-refractivity contribution in [1.29, 1.82) is 0 Å². The summed E-state index contributed by atoms with van der Waals surface area (Å²) >= 11 is 0. The van der Waals surface area contributed by atoms with Crippen LogP contribution in [0, 0.1) is 5.21 Å². The fourth-order valence-corrected chi connectivity index (χ4v) is 5.04. The van der Waals surface area contributed by atoms with E-state index in [9.17, 15) is 5.21 Å². The van der Waals surface area contributed by atoms with Crippen LogP contribution >= 0.6 is 0 Å². The largest absolute Gasteiger partial charge is 0.633 e. The van der Waals surface area contributed by atoms with E-state index < -0.39 is 0 Å². The van der Waals surface area contributed by atoms with Crippen molar-refractivity contribution in [3.05, 3.63) is 5.21 Å². The van der Waals surface area contributed by atoms with E-state index >= 15 is 0 Å². The first kappa shape index (κ1) is 32.9. The fourth-order valence-electron chi connectivity index (χ4n) is 5.04. The summed E-state index contributed by atoms with van der Waals surface area (Å²) in [6.45, 7) is 6.24. The molecule has 0 aromatic heterocycles. The van der Waals surface area contributed by atoms with Gasteiger partial charge in [0.1, 0.15) is 0 Å². The summed E-state index contributed by atoms with van der Waals surface area (Å²) in [4.78, 5) is 0. The Morgan fingerprint density at radius 1 is 0.333 bits per heavy atom. The van der Waals surface area contributed by atoms with Crippen molar-refractivity contribution in [3.8, 4) is 0 Å². The second-order valence-electron chi connectivity index (χ2n) is 11.2. The first-order valence-electron chi connectivity index (χ1n) is 15.7. The van der Waals surface area contributed by atoms with Crippen molar-refractivity contribution >= 4 is 0 Å². The van der Waals surface area contributed by atoms with Crippen LogP contribution in [-0.2, 0) is 0 Å². The van der Waals surface area contributed by atoms with Gasteiger partial charge in [0.2, 0.25) is 0 Å². The minimum absolute atomic E-state index is 0.00391. The van der Waals surface area contributed by atoms with Crippen LogP contribution in [0.1, 0.15) is 181 Å². The predicted octanol–water partition coefficient (Wildman–Crippen LogP) is 11.1.